The van der Waals surface area contributed by atoms with Crippen molar-refractivity contribution in [3.05, 3.63) is 53.3 Å². The first-order valence-corrected chi connectivity index (χ1v) is 6.50. The van der Waals surface area contributed by atoms with Gasteiger partial charge in [0.05, 0.1) is 6.20 Å². The third-order valence-corrected chi connectivity index (χ3v) is 3.16. The van der Waals surface area contributed by atoms with Gasteiger partial charge in [0.25, 0.3) is 0 Å². The van der Waals surface area contributed by atoms with Crippen molar-refractivity contribution in [1.29, 1.82) is 0 Å². The van der Waals surface area contributed by atoms with E-state index in [0.29, 0.717) is 6.04 Å². The molecule has 1 aromatic heterocycles. The summed E-state index contributed by atoms with van der Waals surface area (Å²) < 4.78 is 0. The lowest BCUT2D eigenvalue weighted by Crippen LogP contribution is -2.25. The van der Waals surface area contributed by atoms with Crippen LogP contribution in [0.5, 0.6) is 0 Å². The second kappa shape index (κ2) is 6.36. The molecule has 0 bridgehead atoms. The van der Waals surface area contributed by atoms with E-state index in [0.717, 1.165) is 19.4 Å². The van der Waals surface area contributed by atoms with Crippen molar-refractivity contribution < 1.29 is 0 Å². The summed E-state index contributed by atoms with van der Waals surface area (Å²) in [5, 5.41) is 10.3. The number of benzene rings is 1. The van der Waals surface area contributed by atoms with Gasteiger partial charge in [-0.2, -0.15) is 5.10 Å². The number of nitrogens with zero attached hydrogens (tertiary/aromatic N) is 1. The molecule has 1 heterocycles. The van der Waals surface area contributed by atoms with Crippen LogP contribution < -0.4 is 5.32 Å². The van der Waals surface area contributed by atoms with E-state index in [9.17, 15) is 0 Å². The second-order valence-electron chi connectivity index (χ2n) is 4.92. The first-order valence-electron chi connectivity index (χ1n) is 6.50. The maximum atomic E-state index is 3.94. The topological polar surface area (TPSA) is 40.7 Å². The number of hydrogen-bond acceptors (Lipinski definition) is 2. The SMILES string of the molecule is Cc1cccc(CCC(C)NCc2cn[nH]c2)c1. The fourth-order valence-corrected chi connectivity index (χ4v) is 2.02. The molecule has 1 unspecified atom stereocenters. The van der Waals surface area contributed by atoms with Crippen LogP contribution in [0.1, 0.15) is 30.0 Å². The standard InChI is InChI=1S/C15H21N3/c1-12-4-3-5-14(8-12)7-6-13(2)16-9-15-10-17-18-11-15/h3-5,8,10-11,13,16H,6-7,9H2,1-2H3,(H,17,18). The number of hydrogen-bond donors (Lipinski definition) is 2. The molecule has 0 saturated heterocycles. The average molecular weight is 243 g/mol. The molecule has 3 heteroatoms. The van der Waals surface area contributed by atoms with Gasteiger partial charge in [-0.3, -0.25) is 5.10 Å². The van der Waals surface area contributed by atoms with Crippen molar-refractivity contribution >= 4 is 0 Å². The minimum absolute atomic E-state index is 0.514. The molecule has 0 aliphatic carbocycles. The van der Waals surface area contributed by atoms with Gasteiger partial charge < -0.3 is 5.32 Å². The second-order valence-corrected chi connectivity index (χ2v) is 4.92. The van der Waals surface area contributed by atoms with Crippen LogP contribution in [-0.2, 0) is 13.0 Å². The zero-order valence-corrected chi connectivity index (χ0v) is 11.1. The molecule has 0 fully saturated rings. The normalized spacial score (nSPS) is 12.6. The lowest BCUT2D eigenvalue weighted by molar-refractivity contribution is 0.514. The third kappa shape index (κ3) is 4.00. The monoisotopic (exact) mass is 243 g/mol. The first-order chi connectivity index (χ1) is 8.74. The highest BCUT2D eigenvalue weighted by atomic mass is 15.1. The summed E-state index contributed by atoms with van der Waals surface area (Å²) in [5.74, 6) is 0. The highest BCUT2D eigenvalue weighted by Crippen LogP contribution is 2.08. The molecule has 0 aliphatic rings. The van der Waals surface area contributed by atoms with Crippen LogP contribution in [0.25, 0.3) is 0 Å². The Balaban J connectivity index is 1.73. The Morgan fingerprint density at radius 3 is 2.94 bits per heavy atom. The molecular formula is C15H21N3. The number of nitrogens with one attached hydrogen (secondary N) is 2. The van der Waals surface area contributed by atoms with E-state index >= 15 is 0 Å². The van der Waals surface area contributed by atoms with Crippen molar-refractivity contribution in [2.45, 2.75) is 39.3 Å². The fourth-order valence-electron chi connectivity index (χ4n) is 2.02. The zero-order chi connectivity index (χ0) is 12.8. The Labute approximate surface area is 109 Å². The van der Waals surface area contributed by atoms with Crippen molar-refractivity contribution in [2.24, 2.45) is 0 Å². The van der Waals surface area contributed by atoms with Crippen molar-refractivity contribution in [3.63, 3.8) is 0 Å². The van der Waals surface area contributed by atoms with Crippen molar-refractivity contribution in [2.75, 3.05) is 0 Å². The highest BCUT2D eigenvalue weighted by molar-refractivity contribution is 5.22. The van der Waals surface area contributed by atoms with Gasteiger partial charge in [-0.05, 0) is 32.3 Å². The maximum Gasteiger partial charge on any atom is 0.0532 e. The summed E-state index contributed by atoms with van der Waals surface area (Å²) in [6.45, 7) is 5.26. The van der Waals surface area contributed by atoms with E-state index in [1.165, 1.54) is 16.7 Å². The lowest BCUT2D eigenvalue weighted by atomic mass is 10.0. The largest absolute Gasteiger partial charge is 0.310 e. The number of aromatic nitrogens is 2. The molecule has 18 heavy (non-hydrogen) atoms. The van der Waals surface area contributed by atoms with E-state index in [1.54, 1.807) is 0 Å². The minimum Gasteiger partial charge on any atom is -0.310 e. The summed E-state index contributed by atoms with van der Waals surface area (Å²) in [6.07, 6.45) is 6.07. The Bertz CT molecular complexity index is 462. The molecule has 2 N–H and O–H groups in total. The van der Waals surface area contributed by atoms with Gasteiger partial charge in [-0.1, -0.05) is 29.8 Å². The van der Waals surface area contributed by atoms with Gasteiger partial charge in [0.2, 0.25) is 0 Å². The quantitative estimate of drug-likeness (QED) is 0.819. The number of H-pyrrole nitrogens is 1. The van der Waals surface area contributed by atoms with Crippen LogP contribution in [0.15, 0.2) is 36.7 Å². The summed E-state index contributed by atoms with van der Waals surface area (Å²) in [7, 11) is 0. The highest BCUT2D eigenvalue weighted by Gasteiger charge is 2.03. The molecule has 1 atom stereocenters. The van der Waals surface area contributed by atoms with Crippen molar-refractivity contribution in [1.82, 2.24) is 15.5 Å². The molecule has 2 rings (SSSR count). The predicted octanol–water partition coefficient (Wildman–Crippen LogP) is 2.83. The summed E-state index contributed by atoms with van der Waals surface area (Å²) in [6, 6.07) is 9.26. The average Bonchev–Trinajstić information content (AvgIpc) is 2.87. The van der Waals surface area contributed by atoms with E-state index in [1.807, 2.05) is 12.4 Å². The number of aryl methyl sites for hydroxylation is 2. The fraction of sp³-hybridized carbons (Fsp3) is 0.400. The molecule has 3 nitrogen and oxygen atoms in total. The Hall–Kier alpha value is -1.61. The van der Waals surface area contributed by atoms with Gasteiger partial charge in [0.1, 0.15) is 0 Å². The van der Waals surface area contributed by atoms with E-state index in [-0.39, 0.29) is 0 Å². The molecule has 0 spiro atoms. The summed E-state index contributed by atoms with van der Waals surface area (Å²) >= 11 is 0. The lowest BCUT2D eigenvalue weighted by Gasteiger charge is -2.13. The van der Waals surface area contributed by atoms with Gasteiger partial charge in [0.15, 0.2) is 0 Å². The zero-order valence-electron chi connectivity index (χ0n) is 11.1. The van der Waals surface area contributed by atoms with E-state index in [2.05, 4.69) is 53.6 Å². The number of aromatic amines is 1. The molecule has 0 saturated carbocycles. The first kappa shape index (κ1) is 12.8. The summed E-state index contributed by atoms with van der Waals surface area (Å²) in [4.78, 5) is 0. The smallest absolute Gasteiger partial charge is 0.0532 e. The van der Waals surface area contributed by atoms with Gasteiger partial charge in [0, 0.05) is 24.3 Å². The minimum atomic E-state index is 0.514. The van der Waals surface area contributed by atoms with Gasteiger partial charge in [-0.15, -0.1) is 0 Å². The maximum absolute atomic E-state index is 3.94. The molecule has 96 valence electrons. The molecular weight excluding hydrogens is 222 g/mol. The van der Waals surface area contributed by atoms with E-state index in [4.69, 9.17) is 0 Å². The molecule has 2 aromatic rings. The van der Waals surface area contributed by atoms with E-state index < -0.39 is 0 Å². The molecule has 0 aliphatic heterocycles. The summed E-state index contributed by atoms with van der Waals surface area (Å²) in [5.41, 5.74) is 3.97. The van der Waals surface area contributed by atoms with Gasteiger partial charge >= 0.3 is 0 Å². The Morgan fingerprint density at radius 1 is 1.33 bits per heavy atom. The van der Waals surface area contributed by atoms with Crippen LogP contribution >= 0.6 is 0 Å². The molecule has 0 amide bonds. The molecule has 1 aromatic carbocycles. The predicted molar refractivity (Wildman–Crippen MR) is 74.4 cm³/mol. The van der Waals surface area contributed by atoms with Crippen LogP contribution in [0.3, 0.4) is 0 Å². The third-order valence-electron chi connectivity index (χ3n) is 3.16. The Morgan fingerprint density at radius 2 is 2.22 bits per heavy atom. The molecule has 0 radical (unpaired) electrons. The Kier molecular flexibility index (Phi) is 4.53. The van der Waals surface area contributed by atoms with Crippen LogP contribution in [0.4, 0.5) is 0 Å². The van der Waals surface area contributed by atoms with Gasteiger partial charge in [-0.25, -0.2) is 0 Å². The van der Waals surface area contributed by atoms with Crippen LogP contribution in [0, 0.1) is 6.92 Å². The van der Waals surface area contributed by atoms with Crippen molar-refractivity contribution in [3.8, 4) is 0 Å². The number of rotatable bonds is 6. The van der Waals surface area contributed by atoms with Crippen LogP contribution in [0.2, 0.25) is 0 Å². The van der Waals surface area contributed by atoms with Crippen LogP contribution in [-0.4, -0.2) is 16.2 Å².